The number of aliphatic hydroxyl groups excluding tert-OH is 8. The van der Waals surface area contributed by atoms with Crippen molar-refractivity contribution in [2.24, 2.45) is 34.5 Å². The lowest BCUT2D eigenvalue weighted by atomic mass is 9.44. The van der Waals surface area contributed by atoms with Crippen LogP contribution in [0.5, 0.6) is 0 Å². The van der Waals surface area contributed by atoms with Crippen LogP contribution in [0, 0.1) is 34.5 Å². The van der Waals surface area contributed by atoms with Gasteiger partial charge in [-0.05, 0) is 75.0 Å². The molecule has 0 aromatic rings. The molecule has 25 atom stereocenters. The van der Waals surface area contributed by atoms with E-state index in [-0.39, 0.29) is 23.2 Å². The van der Waals surface area contributed by atoms with Crippen LogP contribution in [-0.4, -0.2) is 186 Å². The van der Waals surface area contributed by atoms with Crippen molar-refractivity contribution in [3.63, 3.8) is 0 Å². The zero-order valence-corrected chi connectivity index (χ0v) is 36.3. The molecular formula is C44H70O18. The summed E-state index contributed by atoms with van der Waals surface area (Å²) in [5, 5.41) is 111. The third kappa shape index (κ3) is 6.79. The van der Waals surface area contributed by atoms with E-state index in [1.54, 1.807) is 0 Å². The summed E-state index contributed by atoms with van der Waals surface area (Å²) >= 11 is 0. The molecule has 9 aliphatic rings. The Morgan fingerprint density at radius 1 is 0.726 bits per heavy atom. The second-order valence-electron chi connectivity index (χ2n) is 20.9. The molecule has 9 rings (SSSR count). The van der Waals surface area contributed by atoms with E-state index in [0.29, 0.717) is 57.5 Å². The Kier molecular flexibility index (Phi) is 12.2. The molecule has 5 saturated heterocycles. The molecule has 0 aromatic heterocycles. The molecule has 10 N–H and O–H groups in total. The van der Waals surface area contributed by atoms with E-state index in [0.717, 1.165) is 18.4 Å². The quantitative estimate of drug-likeness (QED) is 0.139. The fraction of sp³-hybridized carbons (Fsp3) is 0.955. The van der Waals surface area contributed by atoms with Crippen LogP contribution in [0.2, 0.25) is 0 Å². The fourth-order valence-electron chi connectivity index (χ4n) is 13.6. The molecule has 0 unspecified atom stereocenters. The van der Waals surface area contributed by atoms with Gasteiger partial charge in [0.25, 0.3) is 0 Å². The van der Waals surface area contributed by atoms with E-state index in [9.17, 15) is 51.1 Å². The number of hydrogen-bond acceptors (Lipinski definition) is 18. The monoisotopic (exact) mass is 886 g/mol. The molecule has 4 aliphatic carbocycles. The summed E-state index contributed by atoms with van der Waals surface area (Å²) in [5.41, 5.74) is -2.40. The van der Waals surface area contributed by atoms with Crippen molar-refractivity contribution in [1.29, 1.82) is 0 Å². The summed E-state index contributed by atoms with van der Waals surface area (Å²) in [4.78, 5) is 0. The summed E-state index contributed by atoms with van der Waals surface area (Å²) in [6.07, 6.45) is -14.2. The highest BCUT2D eigenvalue weighted by Gasteiger charge is 2.81. The highest BCUT2D eigenvalue weighted by molar-refractivity contribution is 5.33. The Morgan fingerprint density at radius 3 is 2.16 bits per heavy atom. The largest absolute Gasteiger partial charge is 0.394 e. The van der Waals surface area contributed by atoms with Crippen molar-refractivity contribution in [3.8, 4) is 0 Å². The third-order valence-corrected chi connectivity index (χ3v) is 17.7. The van der Waals surface area contributed by atoms with E-state index >= 15 is 0 Å². The van der Waals surface area contributed by atoms with Crippen LogP contribution < -0.4 is 0 Å². The summed E-state index contributed by atoms with van der Waals surface area (Å²) in [7, 11) is 0. The zero-order chi connectivity index (χ0) is 44.5. The molecule has 62 heavy (non-hydrogen) atoms. The fourth-order valence-corrected chi connectivity index (χ4v) is 13.6. The van der Waals surface area contributed by atoms with Crippen molar-refractivity contribution < 1.29 is 89.0 Å². The SMILES string of the molecule is C[C@H]1CC[C@]2(OC1)O[C@@H]1C[C@]3(O)[C@H]4CC=C5C[C@H](O[C@H]6O[C@@H](CO)[C@H](O)[C@@H](O[C@H]7OC[C@H](O)[C@@H](O)[C@@H]7O)[C@@H]6O[C@H]6O[C@H](C)[C@@H](O)[C@H](O)[C@@H]6O)CC[C@@]5(C)[C@@H]4CC[C@@]3(C)[C@]1(O)[C@H]2C. The predicted octanol–water partition coefficient (Wildman–Crippen LogP) is -0.917. The average Bonchev–Trinajstić information content (AvgIpc) is 3.56. The van der Waals surface area contributed by atoms with Gasteiger partial charge in [0.1, 0.15) is 66.6 Å². The van der Waals surface area contributed by atoms with Gasteiger partial charge in [0.05, 0.1) is 43.7 Å². The molecule has 8 fully saturated rings. The number of allylic oxidation sites excluding steroid dienone is 1. The highest BCUT2D eigenvalue weighted by atomic mass is 16.8. The molecule has 3 saturated carbocycles. The number of aliphatic hydroxyl groups is 10. The number of rotatable bonds is 7. The molecule has 0 radical (unpaired) electrons. The first kappa shape index (κ1) is 46.1. The number of hydrogen-bond donors (Lipinski definition) is 10. The lowest BCUT2D eigenvalue weighted by molar-refractivity contribution is -0.390. The van der Waals surface area contributed by atoms with Crippen LogP contribution in [0.15, 0.2) is 11.6 Å². The zero-order valence-electron chi connectivity index (χ0n) is 36.3. The maximum atomic E-state index is 13.0. The van der Waals surface area contributed by atoms with Crippen LogP contribution in [-0.2, 0) is 37.9 Å². The van der Waals surface area contributed by atoms with E-state index < -0.39 is 134 Å². The Labute approximate surface area is 362 Å². The summed E-state index contributed by atoms with van der Waals surface area (Å²) in [6.45, 7) is 9.48. The molecule has 1 spiro atoms. The minimum atomic E-state index is -1.76. The molecule has 0 aromatic carbocycles. The van der Waals surface area contributed by atoms with E-state index in [1.165, 1.54) is 6.92 Å². The standard InChI is InChI=1S/C44H70O18/c1-19-8-13-43(56-17-19)21(3)44(54)28(62-43)15-42(53)25-7-6-22-14-23(9-11-40(22,4)24(25)10-12-41(42,44)5)58-39-36(61-38-34(52)32(50)29(47)20(2)57-38)35(31(49)27(16-45)59-39)60-37-33(51)30(48)26(46)18-55-37/h6,19-21,23-39,45-54H,7-18H2,1-5H3/t19-,20+,21-,23+,24+,25-,26-,27-,28+,29+,30+,31-,32-,33-,34-,35+,36-,37+,38+,39-,40+,41+,42-,43-,44-/m0/s1. The van der Waals surface area contributed by atoms with Gasteiger partial charge in [0.15, 0.2) is 24.7 Å². The van der Waals surface area contributed by atoms with Crippen LogP contribution >= 0.6 is 0 Å². The van der Waals surface area contributed by atoms with Crippen molar-refractivity contribution in [2.75, 3.05) is 19.8 Å². The molecule has 5 aliphatic heterocycles. The van der Waals surface area contributed by atoms with Gasteiger partial charge in [-0.25, -0.2) is 0 Å². The van der Waals surface area contributed by atoms with Crippen molar-refractivity contribution in [1.82, 2.24) is 0 Å². The summed E-state index contributed by atoms with van der Waals surface area (Å²) in [6, 6.07) is 0. The topological polar surface area (TPSA) is 276 Å². The van der Waals surface area contributed by atoms with Gasteiger partial charge in [-0.3, -0.25) is 0 Å². The van der Waals surface area contributed by atoms with E-state index in [1.807, 2.05) is 6.92 Å². The first-order chi connectivity index (χ1) is 29.2. The Balaban J connectivity index is 0.954. The van der Waals surface area contributed by atoms with Gasteiger partial charge in [0, 0.05) is 24.2 Å². The molecule has 5 heterocycles. The van der Waals surface area contributed by atoms with Gasteiger partial charge >= 0.3 is 0 Å². The summed E-state index contributed by atoms with van der Waals surface area (Å²) in [5.74, 6) is -0.768. The van der Waals surface area contributed by atoms with Crippen molar-refractivity contribution >= 4 is 0 Å². The van der Waals surface area contributed by atoms with Crippen LogP contribution in [0.4, 0.5) is 0 Å². The average molecular weight is 887 g/mol. The van der Waals surface area contributed by atoms with Crippen molar-refractivity contribution in [2.45, 2.75) is 208 Å². The maximum absolute atomic E-state index is 13.0. The Hall–Kier alpha value is -0.980. The van der Waals surface area contributed by atoms with Crippen LogP contribution in [0.3, 0.4) is 0 Å². The molecular weight excluding hydrogens is 816 g/mol. The van der Waals surface area contributed by atoms with Gasteiger partial charge in [-0.1, -0.05) is 39.3 Å². The molecule has 18 heteroatoms. The molecule has 354 valence electrons. The molecule has 18 nitrogen and oxygen atoms in total. The second-order valence-corrected chi connectivity index (χ2v) is 20.9. The minimum absolute atomic E-state index is 0.109. The predicted molar refractivity (Wildman–Crippen MR) is 211 cm³/mol. The van der Waals surface area contributed by atoms with Crippen LogP contribution in [0.25, 0.3) is 0 Å². The smallest absolute Gasteiger partial charge is 0.187 e. The minimum Gasteiger partial charge on any atom is -0.394 e. The number of ether oxygens (including phenoxy) is 8. The Morgan fingerprint density at radius 2 is 1.45 bits per heavy atom. The van der Waals surface area contributed by atoms with Crippen molar-refractivity contribution in [3.05, 3.63) is 11.6 Å². The lowest BCUT2D eigenvalue weighted by Gasteiger charge is -2.63. The first-order valence-corrected chi connectivity index (χ1v) is 22.9. The second kappa shape index (κ2) is 16.4. The lowest BCUT2D eigenvalue weighted by Crippen LogP contribution is -2.67. The summed E-state index contributed by atoms with van der Waals surface area (Å²) < 4.78 is 49.6. The highest BCUT2D eigenvalue weighted by Crippen LogP contribution is 2.73. The molecule has 0 bridgehead atoms. The van der Waals surface area contributed by atoms with E-state index in [4.69, 9.17) is 37.9 Å². The van der Waals surface area contributed by atoms with E-state index in [2.05, 4.69) is 26.8 Å². The Bertz CT molecular complexity index is 1660. The number of fused-ring (bicyclic) bond motifs is 7. The molecule has 0 amide bonds. The third-order valence-electron chi connectivity index (χ3n) is 17.7. The van der Waals surface area contributed by atoms with Gasteiger partial charge in [-0.2, -0.15) is 0 Å². The van der Waals surface area contributed by atoms with Crippen LogP contribution in [0.1, 0.15) is 92.4 Å². The van der Waals surface area contributed by atoms with Gasteiger partial charge in [-0.15, -0.1) is 0 Å². The van der Waals surface area contributed by atoms with Gasteiger partial charge < -0.3 is 89.0 Å². The normalized spacial score (nSPS) is 58.9. The van der Waals surface area contributed by atoms with Gasteiger partial charge in [0.2, 0.25) is 0 Å². The first-order valence-electron chi connectivity index (χ1n) is 22.9. The maximum Gasteiger partial charge on any atom is 0.187 e.